The maximum Gasteiger partial charge on any atom is 0.306 e. The second-order valence-corrected chi connectivity index (χ2v) is 7.31. The van der Waals surface area contributed by atoms with Crippen LogP contribution in [-0.2, 0) is 11.3 Å². The van der Waals surface area contributed by atoms with Crippen LogP contribution in [0.2, 0.25) is 0 Å². The Morgan fingerprint density at radius 1 is 1.35 bits per heavy atom. The molecule has 0 aromatic carbocycles. The highest BCUT2D eigenvalue weighted by atomic mass is 16.4. The molecule has 126 valence electrons. The third-order valence-corrected chi connectivity index (χ3v) is 4.74. The zero-order valence-corrected chi connectivity index (χ0v) is 13.8. The van der Waals surface area contributed by atoms with Crippen molar-refractivity contribution in [1.82, 2.24) is 15.1 Å². The number of amides is 1. The molecule has 2 fully saturated rings. The highest BCUT2D eigenvalue weighted by molar-refractivity contribution is 5.95. The predicted octanol–water partition coefficient (Wildman–Crippen LogP) is 2.40. The van der Waals surface area contributed by atoms with Gasteiger partial charge < -0.3 is 10.4 Å². The van der Waals surface area contributed by atoms with Gasteiger partial charge in [-0.2, -0.15) is 5.10 Å². The molecule has 6 nitrogen and oxygen atoms in total. The van der Waals surface area contributed by atoms with E-state index in [0.29, 0.717) is 30.2 Å². The van der Waals surface area contributed by atoms with Gasteiger partial charge in [0.05, 0.1) is 23.4 Å². The number of aromatic nitrogens is 2. The molecule has 0 bridgehead atoms. The largest absolute Gasteiger partial charge is 0.481 e. The molecular weight excluding hydrogens is 294 g/mol. The molecule has 1 amide bonds. The van der Waals surface area contributed by atoms with Crippen molar-refractivity contribution in [2.75, 3.05) is 0 Å². The lowest BCUT2D eigenvalue weighted by Crippen LogP contribution is -2.33. The van der Waals surface area contributed by atoms with Gasteiger partial charge in [-0.25, -0.2) is 0 Å². The summed E-state index contributed by atoms with van der Waals surface area (Å²) in [6.07, 6.45) is 5.82. The monoisotopic (exact) mass is 319 g/mol. The predicted molar refractivity (Wildman–Crippen MR) is 85.3 cm³/mol. The lowest BCUT2D eigenvalue weighted by atomic mass is 10.1. The van der Waals surface area contributed by atoms with E-state index in [2.05, 4.69) is 24.3 Å². The summed E-state index contributed by atoms with van der Waals surface area (Å²) in [4.78, 5) is 23.7. The van der Waals surface area contributed by atoms with Crippen LogP contribution in [0, 0.1) is 11.8 Å². The fourth-order valence-electron chi connectivity index (χ4n) is 3.45. The molecule has 0 radical (unpaired) electrons. The van der Waals surface area contributed by atoms with Gasteiger partial charge in [-0.3, -0.25) is 14.3 Å². The van der Waals surface area contributed by atoms with E-state index in [1.54, 1.807) is 6.20 Å². The van der Waals surface area contributed by atoms with E-state index in [-0.39, 0.29) is 17.9 Å². The topological polar surface area (TPSA) is 84.2 Å². The van der Waals surface area contributed by atoms with Gasteiger partial charge in [0.25, 0.3) is 5.91 Å². The van der Waals surface area contributed by atoms with Crippen molar-refractivity contribution in [2.45, 2.75) is 64.5 Å². The van der Waals surface area contributed by atoms with Crippen molar-refractivity contribution >= 4 is 11.9 Å². The van der Waals surface area contributed by atoms with Gasteiger partial charge in [-0.1, -0.05) is 13.8 Å². The fourth-order valence-corrected chi connectivity index (χ4v) is 3.45. The van der Waals surface area contributed by atoms with Crippen LogP contribution in [0.15, 0.2) is 6.20 Å². The number of aliphatic carboxylic acids is 1. The molecule has 2 atom stereocenters. The summed E-state index contributed by atoms with van der Waals surface area (Å²) < 4.78 is 1.98. The number of rotatable bonds is 6. The highest BCUT2D eigenvalue weighted by Crippen LogP contribution is 2.42. The van der Waals surface area contributed by atoms with Crippen LogP contribution >= 0.6 is 0 Å². The lowest BCUT2D eigenvalue weighted by molar-refractivity contribution is -0.141. The summed E-state index contributed by atoms with van der Waals surface area (Å²) in [7, 11) is 0. The first-order valence-corrected chi connectivity index (χ1v) is 8.55. The minimum atomic E-state index is -0.759. The van der Waals surface area contributed by atoms with Crippen molar-refractivity contribution in [3.63, 3.8) is 0 Å². The van der Waals surface area contributed by atoms with Crippen molar-refractivity contribution in [2.24, 2.45) is 11.8 Å². The van der Waals surface area contributed by atoms with E-state index in [4.69, 9.17) is 5.11 Å². The summed E-state index contributed by atoms with van der Waals surface area (Å²) in [5, 5.41) is 16.5. The molecule has 0 unspecified atom stereocenters. The third kappa shape index (κ3) is 3.57. The number of carboxylic acids is 1. The first kappa shape index (κ1) is 16.0. The molecular formula is C17H25N3O3. The number of carboxylic acid groups (broad SMARTS) is 1. The third-order valence-electron chi connectivity index (χ3n) is 4.74. The van der Waals surface area contributed by atoms with Gasteiger partial charge in [0.15, 0.2) is 0 Å². The summed E-state index contributed by atoms with van der Waals surface area (Å²) in [6, 6.07) is -0.0379. The van der Waals surface area contributed by atoms with Crippen molar-refractivity contribution in [3.8, 4) is 0 Å². The number of nitrogens with one attached hydrogen (secondary N) is 1. The van der Waals surface area contributed by atoms with Crippen molar-refractivity contribution in [3.05, 3.63) is 17.5 Å². The first-order chi connectivity index (χ1) is 11.0. The summed E-state index contributed by atoms with van der Waals surface area (Å²) in [6.45, 7) is 5.11. The Balaban J connectivity index is 1.70. The Morgan fingerprint density at radius 2 is 2.09 bits per heavy atom. The Morgan fingerprint density at radius 3 is 2.65 bits per heavy atom. The summed E-state index contributed by atoms with van der Waals surface area (Å²) >= 11 is 0. The molecule has 23 heavy (non-hydrogen) atoms. The second kappa shape index (κ2) is 6.34. The molecule has 3 rings (SSSR count). The molecule has 0 saturated heterocycles. The number of nitrogens with zero attached hydrogens (tertiary/aromatic N) is 2. The minimum absolute atomic E-state index is 0.0379. The highest BCUT2D eigenvalue weighted by Gasteiger charge is 2.35. The molecule has 1 heterocycles. The standard InChI is InChI=1S/C17H25N3O3/c1-10(2)9-20-15(11-3-4-11)14(8-18-20)16(21)19-13-6-5-12(7-13)17(22)23/h8,10-13H,3-7,9H2,1-2H3,(H,19,21)(H,22,23)/t12-,13+/m0/s1. The van der Waals surface area contributed by atoms with Crippen LogP contribution in [0.25, 0.3) is 0 Å². The van der Waals surface area contributed by atoms with E-state index < -0.39 is 5.97 Å². The normalized spacial score (nSPS) is 24.1. The van der Waals surface area contributed by atoms with E-state index in [1.165, 1.54) is 0 Å². The SMILES string of the molecule is CC(C)Cn1ncc(C(=O)N[C@@H]2CC[C@H](C(=O)O)C2)c1C1CC1. The smallest absolute Gasteiger partial charge is 0.306 e. The minimum Gasteiger partial charge on any atom is -0.481 e. The molecule has 2 saturated carbocycles. The van der Waals surface area contributed by atoms with Crippen LogP contribution in [0.1, 0.15) is 67.9 Å². The van der Waals surface area contributed by atoms with Gasteiger partial charge in [0.1, 0.15) is 0 Å². The van der Waals surface area contributed by atoms with Gasteiger partial charge >= 0.3 is 5.97 Å². The van der Waals surface area contributed by atoms with Gasteiger partial charge in [-0.15, -0.1) is 0 Å². The van der Waals surface area contributed by atoms with Gasteiger partial charge in [-0.05, 0) is 38.0 Å². The van der Waals surface area contributed by atoms with E-state index in [0.717, 1.165) is 31.5 Å². The maximum absolute atomic E-state index is 12.6. The zero-order chi connectivity index (χ0) is 16.6. The van der Waals surface area contributed by atoms with Crippen molar-refractivity contribution in [1.29, 1.82) is 0 Å². The second-order valence-electron chi connectivity index (χ2n) is 7.31. The average Bonchev–Trinajstić information content (AvgIpc) is 3.05. The molecule has 1 aromatic heterocycles. The lowest BCUT2D eigenvalue weighted by Gasteiger charge is -2.14. The number of hydrogen-bond acceptors (Lipinski definition) is 3. The molecule has 0 aliphatic heterocycles. The Bertz CT molecular complexity index is 604. The van der Waals surface area contributed by atoms with Gasteiger partial charge in [0.2, 0.25) is 0 Å². The zero-order valence-electron chi connectivity index (χ0n) is 13.8. The van der Waals surface area contributed by atoms with E-state index in [9.17, 15) is 9.59 Å². The van der Waals surface area contributed by atoms with E-state index >= 15 is 0 Å². The van der Waals surface area contributed by atoms with Crippen LogP contribution in [0.3, 0.4) is 0 Å². The molecule has 0 spiro atoms. The Labute approximate surface area is 136 Å². The van der Waals surface area contributed by atoms with Crippen LogP contribution < -0.4 is 5.32 Å². The Kier molecular flexibility index (Phi) is 4.41. The fraction of sp³-hybridized carbons (Fsp3) is 0.706. The first-order valence-electron chi connectivity index (χ1n) is 8.55. The quantitative estimate of drug-likeness (QED) is 0.843. The van der Waals surface area contributed by atoms with Crippen LogP contribution in [0.5, 0.6) is 0 Å². The average molecular weight is 319 g/mol. The Hall–Kier alpha value is -1.85. The molecule has 2 N–H and O–H groups in total. The van der Waals surface area contributed by atoms with Crippen LogP contribution in [-0.4, -0.2) is 32.8 Å². The summed E-state index contributed by atoms with van der Waals surface area (Å²) in [5.74, 6) is -0.253. The van der Waals surface area contributed by atoms with E-state index in [1.807, 2.05) is 4.68 Å². The van der Waals surface area contributed by atoms with Crippen molar-refractivity contribution < 1.29 is 14.7 Å². The summed E-state index contributed by atoms with van der Waals surface area (Å²) in [5.41, 5.74) is 1.73. The number of carbonyl (C=O) groups is 2. The molecule has 6 heteroatoms. The number of hydrogen-bond donors (Lipinski definition) is 2. The molecule has 2 aliphatic rings. The van der Waals surface area contributed by atoms with Crippen LogP contribution in [0.4, 0.5) is 0 Å². The number of carbonyl (C=O) groups excluding carboxylic acids is 1. The molecule has 1 aromatic rings. The maximum atomic E-state index is 12.6. The van der Waals surface area contributed by atoms with Gasteiger partial charge in [0, 0.05) is 18.5 Å². The molecule has 2 aliphatic carbocycles.